The zero-order valence-corrected chi connectivity index (χ0v) is 20.0. The van der Waals surface area contributed by atoms with E-state index in [2.05, 4.69) is 36.6 Å². The number of nitrogens with zero attached hydrogens (tertiary/aromatic N) is 3. The normalized spacial score (nSPS) is 18.5. The van der Waals surface area contributed by atoms with Crippen molar-refractivity contribution >= 4 is 37.2 Å². The maximum Gasteiger partial charge on any atom is 0.142 e. The first-order valence-electron chi connectivity index (χ1n) is 10.1. The van der Waals surface area contributed by atoms with E-state index in [-0.39, 0.29) is 42.6 Å². The van der Waals surface area contributed by atoms with Crippen molar-refractivity contribution in [3.63, 3.8) is 0 Å². The molecule has 0 unspecified atom stereocenters. The van der Waals surface area contributed by atoms with Gasteiger partial charge in [-0.25, -0.2) is 0 Å². The van der Waals surface area contributed by atoms with Gasteiger partial charge in [-0.15, -0.1) is 37.2 Å². The molecule has 1 N–H and O–H groups in total. The molecule has 0 bridgehead atoms. The van der Waals surface area contributed by atoms with Gasteiger partial charge in [0.05, 0.1) is 11.4 Å². The molecule has 0 atom stereocenters. The molecule has 0 radical (unpaired) electrons. The first-order chi connectivity index (χ1) is 11.9. The Balaban J connectivity index is 0.00000243. The van der Waals surface area contributed by atoms with Crippen LogP contribution >= 0.6 is 37.2 Å². The van der Waals surface area contributed by atoms with Crippen molar-refractivity contribution in [2.24, 2.45) is 0 Å². The van der Waals surface area contributed by atoms with Gasteiger partial charge in [0.1, 0.15) is 5.75 Å². The minimum absolute atomic E-state index is 0. The van der Waals surface area contributed by atoms with Gasteiger partial charge < -0.3 is 5.11 Å². The highest BCUT2D eigenvalue weighted by molar-refractivity contribution is 5.86. The van der Waals surface area contributed by atoms with Crippen molar-refractivity contribution in [1.82, 2.24) is 14.8 Å². The number of piperidine rings is 2. The zero-order chi connectivity index (χ0) is 17.9. The molecule has 2 fully saturated rings. The van der Waals surface area contributed by atoms with E-state index < -0.39 is 0 Å². The number of aromatic hydroxyl groups is 1. The Morgan fingerprint density at radius 3 is 1.75 bits per heavy atom. The topological polar surface area (TPSA) is 39.6 Å². The summed E-state index contributed by atoms with van der Waals surface area (Å²) in [6.07, 6.45) is 7.84. The van der Waals surface area contributed by atoms with Gasteiger partial charge >= 0.3 is 0 Å². The van der Waals surface area contributed by atoms with E-state index in [1.807, 2.05) is 0 Å². The van der Waals surface area contributed by atoms with Crippen molar-refractivity contribution in [3.05, 3.63) is 23.0 Å². The molecule has 2 aliphatic rings. The second kappa shape index (κ2) is 12.4. The van der Waals surface area contributed by atoms with E-state index in [9.17, 15) is 5.11 Å². The number of likely N-dealkylation sites (tertiary alicyclic amines) is 2. The van der Waals surface area contributed by atoms with Crippen LogP contribution in [0.3, 0.4) is 0 Å². The van der Waals surface area contributed by atoms with Crippen LogP contribution in [-0.2, 0) is 18.5 Å². The van der Waals surface area contributed by atoms with Gasteiger partial charge in [0.15, 0.2) is 0 Å². The fraction of sp³-hybridized carbons (Fsp3) is 0.762. The molecule has 0 aliphatic carbocycles. The van der Waals surface area contributed by atoms with Crippen LogP contribution in [0.1, 0.15) is 76.2 Å². The van der Waals surface area contributed by atoms with E-state index in [0.29, 0.717) is 5.75 Å². The van der Waals surface area contributed by atoms with Crippen LogP contribution in [0.4, 0.5) is 0 Å². The van der Waals surface area contributed by atoms with Gasteiger partial charge in [0.2, 0.25) is 0 Å². The monoisotopic (exact) mass is 453 g/mol. The minimum atomic E-state index is -0.140. The van der Waals surface area contributed by atoms with Gasteiger partial charge in [0, 0.05) is 24.1 Å². The Labute approximate surface area is 189 Å². The summed E-state index contributed by atoms with van der Waals surface area (Å²) < 4.78 is 0. The van der Waals surface area contributed by atoms with E-state index in [4.69, 9.17) is 4.98 Å². The average Bonchev–Trinajstić information content (AvgIpc) is 2.58. The summed E-state index contributed by atoms with van der Waals surface area (Å²) in [4.78, 5) is 9.88. The summed E-state index contributed by atoms with van der Waals surface area (Å²) in [7, 11) is 0. The predicted molar refractivity (Wildman–Crippen MR) is 125 cm³/mol. The highest BCUT2D eigenvalue weighted by Crippen LogP contribution is 2.33. The smallest absolute Gasteiger partial charge is 0.142 e. The van der Waals surface area contributed by atoms with Gasteiger partial charge in [-0.3, -0.25) is 14.8 Å². The van der Waals surface area contributed by atoms with Crippen LogP contribution in [0.5, 0.6) is 5.75 Å². The van der Waals surface area contributed by atoms with Crippen molar-refractivity contribution < 1.29 is 5.11 Å². The third-order valence-electron chi connectivity index (χ3n) is 5.51. The molecule has 0 amide bonds. The fourth-order valence-electron chi connectivity index (χ4n) is 4.08. The second-order valence-corrected chi connectivity index (χ2v) is 8.89. The van der Waals surface area contributed by atoms with E-state index in [1.165, 1.54) is 51.6 Å². The van der Waals surface area contributed by atoms with Crippen LogP contribution in [0.25, 0.3) is 0 Å². The molecule has 1 aromatic rings. The molecular formula is C21H38Cl3N3O. The Bertz CT molecular complexity index is 581. The van der Waals surface area contributed by atoms with E-state index >= 15 is 0 Å². The summed E-state index contributed by atoms with van der Waals surface area (Å²) in [6, 6.07) is 2.16. The number of aromatic nitrogens is 1. The van der Waals surface area contributed by atoms with Crippen molar-refractivity contribution in [3.8, 4) is 5.75 Å². The lowest BCUT2D eigenvalue weighted by Crippen LogP contribution is -2.31. The molecule has 7 heteroatoms. The summed E-state index contributed by atoms with van der Waals surface area (Å²) in [5.41, 5.74) is 2.90. The Morgan fingerprint density at radius 1 is 0.821 bits per heavy atom. The lowest BCUT2D eigenvalue weighted by atomic mass is 9.89. The van der Waals surface area contributed by atoms with Crippen LogP contribution in [0, 0.1) is 0 Å². The zero-order valence-electron chi connectivity index (χ0n) is 17.6. The standard InChI is InChI=1S/C21H35N3O.3ClH/c1-21(2,3)20-19(25)17(15-23-10-6-4-7-11-23)14-18(22-20)16-24-12-8-5-9-13-24;;;/h14,25H,4-13,15-16H2,1-3H3;3*1H. The second-order valence-electron chi connectivity index (χ2n) is 8.89. The molecule has 2 aliphatic heterocycles. The number of halogens is 3. The molecule has 4 nitrogen and oxygen atoms in total. The fourth-order valence-corrected chi connectivity index (χ4v) is 4.08. The van der Waals surface area contributed by atoms with Crippen LogP contribution in [-0.4, -0.2) is 46.1 Å². The number of hydrogen-bond acceptors (Lipinski definition) is 4. The molecular weight excluding hydrogens is 417 g/mol. The maximum atomic E-state index is 10.9. The summed E-state index contributed by atoms with van der Waals surface area (Å²) in [6.45, 7) is 12.8. The molecule has 0 aromatic carbocycles. The Morgan fingerprint density at radius 2 is 1.29 bits per heavy atom. The predicted octanol–water partition coefficient (Wildman–Crippen LogP) is 5.32. The Kier molecular flexibility index (Phi) is 12.3. The molecule has 164 valence electrons. The molecule has 28 heavy (non-hydrogen) atoms. The van der Waals surface area contributed by atoms with Crippen LogP contribution < -0.4 is 0 Å². The molecule has 3 heterocycles. The molecule has 0 spiro atoms. The van der Waals surface area contributed by atoms with Crippen LogP contribution in [0.15, 0.2) is 6.07 Å². The summed E-state index contributed by atoms with van der Waals surface area (Å²) in [5.74, 6) is 0.417. The quantitative estimate of drug-likeness (QED) is 0.668. The van der Waals surface area contributed by atoms with Gasteiger partial charge in [0.25, 0.3) is 0 Å². The van der Waals surface area contributed by atoms with E-state index in [0.717, 1.165) is 43.1 Å². The molecule has 1 aromatic heterocycles. The largest absolute Gasteiger partial charge is 0.506 e. The number of pyridine rings is 1. The first kappa shape index (κ1) is 27.7. The van der Waals surface area contributed by atoms with Crippen molar-refractivity contribution in [2.75, 3.05) is 26.2 Å². The SMILES string of the molecule is CC(C)(C)c1nc(CN2CCCCC2)cc(CN2CCCCC2)c1O.Cl.Cl.Cl. The van der Waals surface area contributed by atoms with Gasteiger partial charge in [-0.05, 0) is 57.9 Å². The van der Waals surface area contributed by atoms with Crippen molar-refractivity contribution in [1.29, 1.82) is 0 Å². The van der Waals surface area contributed by atoms with E-state index in [1.54, 1.807) is 0 Å². The van der Waals surface area contributed by atoms with Crippen LogP contribution in [0.2, 0.25) is 0 Å². The molecule has 3 rings (SSSR count). The highest BCUT2D eigenvalue weighted by atomic mass is 35.5. The third-order valence-corrected chi connectivity index (χ3v) is 5.51. The summed E-state index contributed by atoms with van der Waals surface area (Å²) in [5, 5.41) is 10.9. The first-order valence-corrected chi connectivity index (χ1v) is 10.1. The number of rotatable bonds is 4. The average molecular weight is 455 g/mol. The molecule has 0 saturated carbocycles. The Hall–Kier alpha value is -0.260. The minimum Gasteiger partial charge on any atom is -0.506 e. The van der Waals surface area contributed by atoms with Gasteiger partial charge in [-0.1, -0.05) is 33.6 Å². The lowest BCUT2D eigenvalue weighted by Gasteiger charge is -2.30. The third kappa shape index (κ3) is 7.53. The number of hydrogen-bond donors (Lipinski definition) is 1. The molecule has 2 saturated heterocycles. The maximum absolute atomic E-state index is 10.9. The lowest BCUT2D eigenvalue weighted by molar-refractivity contribution is 0.213. The van der Waals surface area contributed by atoms with Gasteiger partial charge in [-0.2, -0.15) is 0 Å². The summed E-state index contributed by atoms with van der Waals surface area (Å²) >= 11 is 0. The highest BCUT2D eigenvalue weighted by Gasteiger charge is 2.25. The van der Waals surface area contributed by atoms with Crippen molar-refractivity contribution in [2.45, 2.75) is 77.8 Å².